The van der Waals surface area contributed by atoms with E-state index in [1.165, 1.54) is 0 Å². The molecule has 170 valence electrons. The number of carboxylic acids is 1. The molecule has 0 saturated heterocycles. The number of hydrogen-bond donors (Lipinski definition) is 3. The zero-order valence-corrected chi connectivity index (χ0v) is 18.7. The van der Waals surface area contributed by atoms with Crippen molar-refractivity contribution in [3.8, 4) is 11.1 Å². The summed E-state index contributed by atoms with van der Waals surface area (Å²) in [5.41, 5.74) is 4.02. The quantitative estimate of drug-likeness (QED) is 0.542. The highest BCUT2D eigenvalue weighted by atomic mass is 16.5. The van der Waals surface area contributed by atoms with Crippen LogP contribution in [0.5, 0.6) is 0 Å². The molecule has 7 heteroatoms. The molecule has 1 aliphatic rings. The average Bonchev–Trinajstić information content (AvgIpc) is 3.06. The molecule has 0 bridgehead atoms. The molecule has 0 spiro atoms. The van der Waals surface area contributed by atoms with Crippen LogP contribution in [-0.2, 0) is 14.3 Å². The summed E-state index contributed by atoms with van der Waals surface area (Å²) in [4.78, 5) is 35.6. The van der Waals surface area contributed by atoms with Crippen molar-refractivity contribution in [1.82, 2.24) is 10.6 Å². The van der Waals surface area contributed by atoms with Gasteiger partial charge >= 0.3 is 12.1 Å². The van der Waals surface area contributed by atoms with Gasteiger partial charge in [-0.25, -0.2) is 9.59 Å². The van der Waals surface area contributed by atoms with Crippen molar-refractivity contribution in [3.05, 3.63) is 59.7 Å². The number of alkyl carbamates (subject to hydrolysis) is 1. The van der Waals surface area contributed by atoms with Gasteiger partial charge < -0.3 is 20.5 Å². The first kappa shape index (κ1) is 23.3. The van der Waals surface area contributed by atoms with E-state index < -0.39 is 23.5 Å². The molecule has 3 N–H and O–H groups in total. The Morgan fingerprint density at radius 2 is 1.56 bits per heavy atom. The number of fused-ring (bicyclic) bond motifs is 3. The van der Waals surface area contributed by atoms with E-state index in [4.69, 9.17) is 4.74 Å². The van der Waals surface area contributed by atoms with Crippen LogP contribution in [0, 0.1) is 5.41 Å². The van der Waals surface area contributed by atoms with Crippen molar-refractivity contribution < 1.29 is 24.2 Å². The molecule has 1 aliphatic carbocycles. The number of rotatable bonds is 8. The minimum Gasteiger partial charge on any atom is -0.480 e. The van der Waals surface area contributed by atoms with Gasteiger partial charge in [-0.3, -0.25) is 4.79 Å². The molecule has 2 aromatic rings. The molecule has 0 heterocycles. The van der Waals surface area contributed by atoms with E-state index in [0.717, 1.165) is 22.3 Å². The molecule has 0 unspecified atom stereocenters. The van der Waals surface area contributed by atoms with Crippen LogP contribution in [-0.4, -0.2) is 42.3 Å². The minimum atomic E-state index is -1.07. The summed E-state index contributed by atoms with van der Waals surface area (Å²) in [6, 6.07) is 15.3. The highest BCUT2D eigenvalue weighted by Gasteiger charge is 2.32. The molecular weight excluding hydrogens is 408 g/mol. The monoisotopic (exact) mass is 438 g/mol. The number of ether oxygens (including phenoxy) is 1. The summed E-state index contributed by atoms with van der Waals surface area (Å²) in [5, 5.41) is 14.5. The van der Waals surface area contributed by atoms with Gasteiger partial charge in [-0.1, -0.05) is 69.3 Å². The lowest BCUT2D eigenvalue weighted by Gasteiger charge is -2.27. The summed E-state index contributed by atoms with van der Waals surface area (Å²) in [6.45, 7) is 5.75. The lowest BCUT2D eigenvalue weighted by Crippen LogP contribution is -2.49. The third-order valence-corrected chi connectivity index (χ3v) is 5.61. The van der Waals surface area contributed by atoms with Gasteiger partial charge in [0.05, 0.1) is 0 Å². The number of aliphatic carboxylic acids is 1. The van der Waals surface area contributed by atoms with Crippen molar-refractivity contribution in [3.63, 3.8) is 0 Å². The van der Waals surface area contributed by atoms with E-state index in [0.29, 0.717) is 6.42 Å². The molecule has 1 atom stereocenters. The molecule has 0 aromatic heterocycles. The van der Waals surface area contributed by atoms with E-state index in [9.17, 15) is 19.5 Å². The van der Waals surface area contributed by atoms with Crippen LogP contribution >= 0.6 is 0 Å². The van der Waals surface area contributed by atoms with Crippen LogP contribution in [0.2, 0.25) is 0 Å². The zero-order valence-electron chi connectivity index (χ0n) is 18.7. The predicted octanol–water partition coefficient (Wildman–Crippen LogP) is 3.92. The SMILES string of the molecule is CC(C)(C)[C@@H](NC(=O)CCCNC(=O)OCC1c2ccccc2-c2ccccc21)C(=O)O. The standard InChI is InChI=1S/C25H30N2O5/c1-25(2,3)22(23(29)30)27-21(28)13-8-14-26-24(31)32-15-20-18-11-6-4-9-16(18)17-10-5-7-12-19(17)20/h4-7,9-12,20,22H,8,13-15H2,1-3H3,(H,26,31)(H,27,28)(H,29,30)/t22-/m0/s1. The van der Waals surface area contributed by atoms with Gasteiger partial charge in [-0.05, 0) is 34.1 Å². The number of carboxylic acid groups (broad SMARTS) is 1. The first-order valence-corrected chi connectivity index (χ1v) is 10.8. The Kier molecular flexibility index (Phi) is 7.18. The number of benzene rings is 2. The Bertz CT molecular complexity index is 950. The van der Waals surface area contributed by atoms with E-state index >= 15 is 0 Å². The minimum absolute atomic E-state index is 0.00993. The lowest BCUT2D eigenvalue weighted by molar-refractivity contribution is -0.144. The van der Waals surface area contributed by atoms with Gasteiger partial charge in [-0.2, -0.15) is 0 Å². The fourth-order valence-electron chi connectivity index (χ4n) is 3.97. The molecule has 0 fully saturated rings. The van der Waals surface area contributed by atoms with Crippen LogP contribution < -0.4 is 10.6 Å². The Balaban J connectivity index is 1.44. The van der Waals surface area contributed by atoms with Gasteiger partial charge in [0, 0.05) is 18.9 Å². The van der Waals surface area contributed by atoms with Gasteiger partial charge in [0.2, 0.25) is 5.91 Å². The Labute approximate surface area is 188 Å². The first-order chi connectivity index (χ1) is 15.2. The normalized spacial score (nSPS) is 13.6. The van der Waals surface area contributed by atoms with Crippen molar-refractivity contribution in [2.24, 2.45) is 5.41 Å². The summed E-state index contributed by atoms with van der Waals surface area (Å²) >= 11 is 0. The molecule has 0 radical (unpaired) electrons. The summed E-state index contributed by atoms with van der Waals surface area (Å²) in [7, 11) is 0. The lowest BCUT2D eigenvalue weighted by atomic mass is 9.86. The highest BCUT2D eigenvalue weighted by Crippen LogP contribution is 2.44. The molecule has 32 heavy (non-hydrogen) atoms. The maximum atomic E-state index is 12.2. The van der Waals surface area contributed by atoms with Crippen LogP contribution in [0.1, 0.15) is 50.7 Å². The van der Waals surface area contributed by atoms with Crippen molar-refractivity contribution >= 4 is 18.0 Å². The van der Waals surface area contributed by atoms with Gasteiger partial charge in [0.15, 0.2) is 0 Å². The maximum Gasteiger partial charge on any atom is 0.407 e. The fraction of sp³-hybridized carbons (Fsp3) is 0.400. The predicted molar refractivity (Wildman–Crippen MR) is 121 cm³/mol. The molecule has 3 rings (SSSR count). The number of amides is 2. The summed E-state index contributed by atoms with van der Waals surface area (Å²) in [6.07, 6.45) is -0.0406. The Morgan fingerprint density at radius 1 is 1.00 bits per heavy atom. The second kappa shape index (κ2) is 9.85. The number of carbonyl (C=O) groups excluding carboxylic acids is 2. The largest absolute Gasteiger partial charge is 0.480 e. The zero-order chi connectivity index (χ0) is 23.3. The molecule has 2 aromatic carbocycles. The maximum absolute atomic E-state index is 12.2. The second-order valence-corrected chi connectivity index (χ2v) is 9.06. The highest BCUT2D eigenvalue weighted by molar-refractivity contribution is 5.84. The second-order valence-electron chi connectivity index (χ2n) is 9.06. The Morgan fingerprint density at radius 3 is 2.09 bits per heavy atom. The van der Waals surface area contributed by atoms with E-state index in [1.807, 2.05) is 24.3 Å². The van der Waals surface area contributed by atoms with Crippen molar-refractivity contribution in [1.29, 1.82) is 0 Å². The summed E-state index contributed by atoms with van der Waals surface area (Å²) < 4.78 is 5.46. The third-order valence-electron chi connectivity index (χ3n) is 5.61. The van der Waals surface area contributed by atoms with E-state index in [1.54, 1.807) is 20.8 Å². The molecular formula is C25H30N2O5. The van der Waals surface area contributed by atoms with Gasteiger partial charge in [0.25, 0.3) is 0 Å². The number of hydrogen-bond acceptors (Lipinski definition) is 4. The molecule has 0 aliphatic heterocycles. The Hall–Kier alpha value is -3.35. The number of carbonyl (C=O) groups is 3. The van der Waals surface area contributed by atoms with Gasteiger partial charge in [-0.15, -0.1) is 0 Å². The third kappa shape index (κ3) is 5.46. The topological polar surface area (TPSA) is 105 Å². The van der Waals surface area contributed by atoms with Crippen LogP contribution in [0.4, 0.5) is 4.79 Å². The van der Waals surface area contributed by atoms with E-state index in [2.05, 4.69) is 34.9 Å². The smallest absolute Gasteiger partial charge is 0.407 e. The average molecular weight is 439 g/mol. The fourth-order valence-corrected chi connectivity index (χ4v) is 3.97. The summed E-state index contributed by atoms with van der Waals surface area (Å²) in [5.74, 6) is -1.44. The van der Waals surface area contributed by atoms with Crippen LogP contribution in [0.15, 0.2) is 48.5 Å². The van der Waals surface area contributed by atoms with E-state index in [-0.39, 0.29) is 31.4 Å². The molecule has 2 amide bonds. The molecule has 7 nitrogen and oxygen atoms in total. The first-order valence-electron chi connectivity index (χ1n) is 10.8. The van der Waals surface area contributed by atoms with Crippen molar-refractivity contribution in [2.75, 3.05) is 13.2 Å². The number of nitrogens with one attached hydrogen (secondary N) is 2. The van der Waals surface area contributed by atoms with Crippen LogP contribution in [0.3, 0.4) is 0 Å². The van der Waals surface area contributed by atoms with Crippen molar-refractivity contribution in [2.45, 2.75) is 45.6 Å². The van der Waals surface area contributed by atoms with Crippen LogP contribution in [0.25, 0.3) is 11.1 Å². The van der Waals surface area contributed by atoms with Gasteiger partial charge in [0.1, 0.15) is 12.6 Å². The molecule has 0 saturated carbocycles.